The zero-order chi connectivity index (χ0) is 25.9. The molecular formula is C20H22N10O4S2. The number of rotatable bonds is 8. The van der Waals surface area contributed by atoms with Gasteiger partial charge >= 0.3 is 0 Å². The molecule has 0 radical (unpaired) electrons. The SMILES string of the molecule is O=[N+]([O-])c1ccc(C=NNC(=S)NN2CCN(NC(=S)NN=Cc3ccc([N+](=O)[O-])cc3)CC2)cc1. The summed E-state index contributed by atoms with van der Waals surface area (Å²) in [4.78, 5) is 20.4. The zero-order valence-electron chi connectivity index (χ0n) is 18.7. The van der Waals surface area contributed by atoms with Crippen LogP contribution in [-0.4, -0.2) is 68.7 Å². The predicted molar refractivity (Wildman–Crippen MR) is 142 cm³/mol. The Kier molecular flexibility index (Phi) is 9.64. The van der Waals surface area contributed by atoms with Crippen molar-refractivity contribution in [2.45, 2.75) is 0 Å². The lowest BCUT2D eigenvalue weighted by molar-refractivity contribution is -0.385. The standard InChI is InChI=1S/C20H22N10O4S2/c31-29(32)17-5-1-15(2-6-17)13-21-23-19(35)25-27-9-11-28(12-10-27)26-20(36)24-22-14-16-3-7-18(8-4-16)30(33)34/h1-8,13-14H,9-12H2,(H2,23,25,35)(H2,24,26,36). The molecule has 0 atom stereocenters. The quantitative estimate of drug-likeness (QED) is 0.167. The highest BCUT2D eigenvalue weighted by Crippen LogP contribution is 2.11. The van der Waals surface area contributed by atoms with Crippen LogP contribution in [0.2, 0.25) is 0 Å². The van der Waals surface area contributed by atoms with Crippen LogP contribution in [0.25, 0.3) is 0 Å². The fourth-order valence-electron chi connectivity index (χ4n) is 2.96. The minimum Gasteiger partial charge on any atom is -0.294 e. The number of piperazine rings is 1. The van der Waals surface area contributed by atoms with E-state index >= 15 is 0 Å². The first-order valence-corrected chi connectivity index (χ1v) is 11.3. The molecule has 16 heteroatoms. The molecule has 14 nitrogen and oxygen atoms in total. The molecule has 3 rings (SSSR count). The fraction of sp³-hybridized carbons (Fsp3) is 0.200. The van der Waals surface area contributed by atoms with Crippen LogP contribution in [0, 0.1) is 20.2 Å². The minimum atomic E-state index is -0.462. The summed E-state index contributed by atoms with van der Waals surface area (Å²) >= 11 is 10.5. The van der Waals surface area contributed by atoms with Crippen LogP contribution in [0.4, 0.5) is 11.4 Å². The smallest absolute Gasteiger partial charge is 0.269 e. The number of non-ortho nitro benzene ring substituents is 2. The van der Waals surface area contributed by atoms with Gasteiger partial charge in [-0.15, -0.1) is 0 Å². The third kappa shape index (κ3) is 8.58. The maximum atomic E-state index is 10.7. The normalized spacial score (nSPS) is 14.4. The van der Waals surface area contributed by atoms with Gasteiger partial charge in [-0.1, -0.05) is 0 Å². The van der Waals surface area contributed by atoms with E-state index in [0.29, 0.717) is 47.5 Å². The number of nitrogens with one attached hydrogen (secondary N) is 4. The second-order valence-electron chi connectivity index (χ2n) is 7.29. The molecule has 1 fully saturated rings. The summed E-state index contributed by atoms with van der Waals surface area (Å²) in [7, 11) is 0. The molecule has 188 valence electrons. The highest BCUT2D eigenvalue weighted by Gasteiger charge is 2.17. The van der Waals surface area contributed by atoms with Crippen LogP contribution >= 0.6 is 24.4 Å². The van der Waals surface area contributed by atoms with Crippen LogP contribution in [0.15, 0.2) is 58.7 Å². The third-order valence-electron chi connectivity index (χ3n) is 4.77. The maximum Gasteiger partial charge on any atom is 0.269 e. The Balaban J connectivity index is 1.32. The van der Waals surface area contributed by atoms with E-state index in [9.17, 15) is 20.2 Å². The number of thiocarbonyl (C=S) groups is 2. The van der Waals surface area contributed by atoms with Gasteiger partial charge in [-0.2, -0.15) is 10.2 Å². The van der Waals surface area contributed by atoms with Crippen molar-refractivity contribution >= 4 is 58.5 Å². The Morgan fingerprint density at radius 1 is 0.722 bits per heavy atom. The lowest BCUT2D eigenvalue weighted by Gasteiger charge is -2.35. The van der Waals surface area contributed by atoms with Gasteiger partial charge in [0.2, 0.25) is 10.2 Å². The lowest BCUT2D eigenvalue weighted by Crippen LogP contribution is -2.59. The van der Waals surface area contributed by atoms with Gasteiger partial charge < -0.3 is 0 Å². The van der Waals surface area contributed by atoms with Crippen molar-refractivity contribution < 1.29 is 9.85 Å². The molecule has 0 amide bonds. The van der Waals surface area contributed by atoms with Gasteiger partial charge in [0, 0.05) is 50.4 Å². The summed E-state index contributed by atoms with van der Waals surface area (Å²) in [5.41, 5.74) is 12.9. The number of nitro groups is 2. The summed E-state index contributed by atoms with van der Waals surface area (Å²) < 4.78 is 0. The molecular weight excluding hydrogens is 508 g/mol. The van der Waals surface area contributed by atoms with E-state index in [1.54, 1.807) is 24.3 Å². The van der Waals surface area contributed by atoms with E-state index in [1.165, 1.54) is 36.7 Å². The molecule has 1 aliphatic rings. The van der Waals surface area contributed by atoms with E-state index in [-0.39, 0.29) is 11.4 Å². The van der Waals surface area contributed by atoms with Crippen molar-refractivity contribution in [2.75, 3.05) is 26.2 Å². The van der Waals surface area contributed by atoms with E-state index in [4.69, 9.17) is 24.4 Å². The van der Waals surface area contributed by atoms with E-state index in [0.717, 1.165) is 0 Å². The number of hydrazone groups is 2. The third-order valence-corrected chi connectivity index (χ3v) is 5.13. The van der Waals surface area contributed by atoms with Crippen molar-refractivity contribution in [3.8, 4) is 0 Å². The maximum absolute atomic E-state index is 10.7. The zero-order valence-corrected chi connectivity index (χ0v) is 20.4. The molecule has 0 bridgehead atoms. The van der Waals surface area contributed by atoms with E-state index in [2.05, 4.69) is 31.9 Å². The van der Waals surface area contributed by atoms with Gasteiger partial charge in [0.1, 0.15) is 0 Å². The van der Waals surface area contributed by atoms with Crippen LogP contribution in [-0.2, 0) is 0 Å². The van der Waals surface area contributed by atoms with Crippen LogP contribution in [0.5, 0.6) is 0 Å². The molecule has 36 heavy (non-hydrogen) atoms. The van der Waals surface area contributed by atoms with Gasteiger partial charge in [0.05, 0.1) is 22.3 Å². The molecule has 0 spiro atoms. The summed E-state index contributed by atoms with van der Waals surface area (Å²) in [6, 6.07) is 12.0. The fourth-order valence-corrected chi connectivity index (χ4v) is 3.33. The van der Waals surface area contributed by atoms with Crippen molar-refractivity contribution in [3.05, 3.63) is 79.9 Å². The van der Waals surface area contributed by atoms with E-state index < -0.39 is 9.85 Å². The Hall–Kier alpha value is -4.12. The monoisotopic (exact) mass is 530 g/mol. The van der Waals surface area contributed by atoms with Crippen LogP contribution < -0.4 is 21.7 Å². The highest BCUT2D eigenvalue weighted by molar-refractivity contribution is 7.80. The molecule has 1 saturated heterocycles. The van der Waals surface area contributed by atoms with Gasteiger partial charge in [-0.25, -0.2) is 10.0 Å². The number of hydrazine groups is 2. The summed E-state index contributed by atoms with van der Waals surface area (Å²) in [5, 5.41) is 33.9. The second kappa shape index (κ2) is 13.1. The molecule has 2 aromatic rings. The average molecular weight is 531 g/mol. The van der Waals surface area contributed by atoms with Gasteiger partial charge in [-0.3, -0.25) is 41.9 Å². The van der Waals surface area contributed by atoms with Crippen molar-refractivity contribution in [2.24, 2.45) is 10.2 Å². The molecule has 0 aromatic heterocycles. The topological polar surface area (TPSA) is 166 Å². The summed E-state index contributed by atoms with van der Waals surface area (Å²) in [5.74, 6) is 0. The highest BCUT2D eigenvalue weighted by atomic mass is 32.1. The average Bonchev–Trinajstić information content (AvgIpc) is 2.86. The Morgan fingerprint density at radius 3 is 1.36 bits per heavy atom. The molecule has 2 aromatic carbocycles. The lowest BCUT2D eigenvalue weighted by atomic mass is 10.2. The molecule has 1 aliphatic heterocycles. The first-order valence-electron chi connectivity index (χ1n) is 10.5. The number of nitrogens with zero attached hydrogens (tertiary/aromatic N) is 6. The largest absolute Gasteiger partial charge is 0.294 e. The van der Waals surface area contributed by atoms with Crippen molar-refractivity contribution in [3.63, 3.8) is 0 Å². The molecule has 0 unspecified atom stereocenters. The Morgan fingerprint density at radius 2 is 1.06 bits per heavy atom. The minimum absolute atomic E-state index is 0.0115. The molecule has 4 N–H and O–H groups in total. The number of hydrogen-bond donors (Lipinski definition) is 4. The first kappa shape index (κ1) is 26.5. The van der Waals surface area contributed by atoms with Gasteiger partial charge in [0.15, 0.2) is 0 Å². The van der Waals surface area contributed by atoms with Crippen LogP contribution in [0.1, 0.15) is 11.1 Å². The second-order valence-corrected chi connectivity index (χ2v) is 8.11. The predicted octanol–water partition coefficient (Wildman–Crippen LogP) is 1.25. The molecule has 1 heterocycles. The van der Waals surface area contributed by atoms with Crippen molar-refractivity contribution in [1.82, 2.24) is 31.7 Å². The van der Waals surface area contributed by atoms with Crippen LogP contribution in [0.3, 0.4) is 0 Å². The van der Waals surface area contributed by atoms with Crippen molar-refractivity contribution in [1.29, 1.82) is 0 Å². The Labute approximate surface area is 216 Å². The summed E-state index contributed by atoms with van der Waals surface area (Å²) in [6.45, 7) is 2.59. The first-order chi connectivity index (χ1) is 17.3. The van der Waals surface area contributed by atoms with Gasteiger partial charge in [-0.05, 0) is 59.8 Å². The number of hydrogen-bond acceptors (Lipinski definition) is 10. The van der Waals surface area contributed by atoms with Gasteiger partial charge in [0.25, 0.3) is 11.4 Å². The Bertz CT molecular complexity index is 1060. The number of nitro benzene ring substituents is 2. The summed E-state index contributed by atoms with van der Waals surface area (Å²) in [6.07, 6.45) is 3.02. The molecule has 0 aliphatic carbocycles. The van der Waals surface area contributed by atoms with E-state index in [1.807, 2.05) is 10.0 Å². The molecule has 0 saturated carbocycles. The number of benzene rings is 2.